The number of nitrogens with zero attached hydrogens (tertiary/aromatic N) is 5. The van der Waals surface area contributed by atoms with Crippen LogP contribution in [0.25, 0.3) is 6.08 Å². The summed E-state index contributed by atoms with van der Waals surface area (Å²) in [4.78, 5) is 22.0. The second-order valence-corrected chi connectivity index (χ2v) is 7.63. The van der Waals surface area contributed by atoms with Crippen molar-refractivity contribution in [2.75, 3.05) is 24.7 Å². The molecule has 0 aliphatic carbocycles. The van der Waals surface area contributed by atoms with E-state index >= 15 is 0 Å². The molecule has 0 saturated carbocycles. The standard InChI is InChI=1S/C23H22BN7O2/c1-14-11-17(24)12-15(2)20(14)28-22-21(31(32)33)19(9-10-30(3)4)27-23(29-22)26-18-7-5-16(13-25)6-8-18/h5-12H,1-4H3,(H2,26,27,28,29)/b10-9+. The zero-order valence-corrected chi connectivity index (χ0v) is 18.7. The van der Waals surface area contributed by atoms with Gasteiger partial charge in [-0.05, 0) is 55.3 Å². The van der Waals surface area contributed by atoms with Gasteiger partial charge in [0.1, 0.15) is 7.85 Å². The highest BCUT2D eigenvalue weighted by Gasteiger charge is 2.25. The highest BCUT2D eigenvalue weighted by molar-refractivity contribution is 6.32. The van der Waals surface area contributed by atoms with Crippen molar-refractivity contribution >= 4 is 48.2 Å². The van der Waals surface area contributed by atoms with Crippen molar-refractivity contribution in [3.8, 4) is 6.07 Å². The maximum absolute atomic E-state index is 12.0. The van der Waals surface area contributed by atoms with Gasteiger partial charge in [0.05, 0.1) is 16.6 Å². The van der Waals surface area contributed by atoms with E-state index in [0.29, 0.717) is 22.4 Å². The van der Waals surface area contributed by atoms with E-state index < -0.39 is 4.92 Å². The molecule has 2 aromatic carbocycles. The fourth-order valence-corrected chi connectivity index (χ4v) is 3.20. The number of hydrogen-bond donors (Lipinski definition) is 2. The lowest BCUT2D eigenvalue weighted by Gasteiger charge is -2.15. The van der Waals surface area contributed by atoms with Crippen LogP contribution in [0.5, 0.6) is 0 Å². The molecule has 1 heterocycles. The molecular weight excluding hydrogens is 417 g/mol. The van der Waals surface area contributed by atoms with E-state index in [1.807, 2.05) is 13.8 Å². The first-order chi connectivity index (χ1) is 15.7. The summed E-state index contributed by atoms with van der Waals surface area (Å²) in [6, 6.07) is 12.3. The summed E-state index contributed by atoms with van der Waals surface area (Å²) in [7, 11) is 9.53. The van der Waals surface area contributed by atoms with Gasteiger partial charge in [-0.1, -0.05) is 17.6 Å². The average molecular weight is 439 g/mol. The Morgan fingerprint density at radius 3 is 2.30 bits per heavy atom. The number of nitrogens with one attached hydrogen (secondary N) is 2. The van der Waals surface area contributed by atoms with Gasteiger partial charge in [0, 0.05) is 31.7 Å². The fourth-order valence-electron chi connectivity index (χ4n) is 3.20. The Morgan fingerprint density at radius 1 is 1.12 bits per heavy atom. The molecule has 0 bridgehead atoms. The molecule has 9 nitrogen and oxygen atoms in total. The Balaban J connectivity index is 2.14. The lowest BCUT2D eigenvalue weighted by Crippen LogP contribution is -2.11. The third kappa shape index (κ3) is 5.65. The van der Waals surface area contributed by atoms with Crippen LogP contribution in [0.3, 0.4) is 0 Å². The summed E-state index contributed by atoms with van der Waals surface area (Å²) in [5.41, 5.74) is 3.96. The molecular formula is C23H22BN7O2. The molecule has 3 rings (SSSR count). The number of aryl methyl sites for hydroxylation is 2. The lowest BCUT2D eigenvalue weighted by molar-refractivity contribution is -0.384. The zero-order chi connectivity index (χ0) is 24.1. The SMILES string of the molecule is [B]c1cc(C)c(Nc2nc(Nc3ccc(C#N)cc3)nc(/C=C/N(C)C)c2[N+](=O)[O-])c(C)c1. The van der Waals surface area contributed by atoms with Crippen LogP contribution in [0, 0.1) is 35.3 Å². The second kappa shape index (κ2) is 9.83. The van der Waals surface area contributed by atoms with Crippen molar-refractivity contribution in [2.45, 2.75) is 13.8 Å². The van der Waals surface area contributed by atoms with E-state index in [1.165, 1.54) is 0 Å². The molecule has 2 radical (unpaired) electrons. The Bertz CT molecular complexity index is 1240. The molecule has 10 heteroatoms. The molecule has 1 aromatic heterocycles. The van der Waals surface area contributed by atoms with Crippen molar-refractivity contribution in [3.05, 3.63) is 75.1 Å². The Labute approximate surface area is 193 Å². The minimum Gasteiger partial charge on any atom is -0.383 e. The molecule has 0 aliphatic heterocycles. The van der Waals surface area contributed by atoms with E-state index in [0.717, 1.165) is 11.1 Å². The van der Waals surface area contributed by atoms with Crippen LogP contribution in [0.4, 0.5) is 28.8 Å². The normalized spacial score (nSPS) is 10.6. The number of nitro groups is 1. The number of rotatable bonds is 7. The molecule has 33 heavy (non-hydrogen) atoms. The largest absolute Gasteiger partial charge is 0.383 e. The van der Waals surface area contributed by atoms with Gasteiger partial charge >= 0.3 is 5.69 Å². The summed E-state index contributed by atoms with van der Waals surface area (Å²) < 4.78 is 0. The number of nitriles is 1. The summed E-state index contributed by atoms with van der Waals surface area (Å²) in [6.45, 7) is 3.73. The monoisotopic (exact) mass is 439 g/mol. The summed E-state index contributed by atoms with van der Waals surface area (Å²) in [5.74, 6) is 0.206. The zero-order valence-electron chi connectivity index (χ0n) is 18.7. The minimum atomic E-state index is -0.509. The third-order valence-corrected chi connectivity index (χ3v) is 4.69. The molecule has 0 unspecified atom stereocenters. The maximum Gasteiger partial charge on any atom is 0.337 e. The molecule has 0 saturated heterocycles. The van der Waals surface area contributed by atoms with E-state index in [1.54, 1.807) is 67.7 Å². The lowest BCUT2D eigenvalue weighted by atomic mass is 9.91. The van der Waals surface area contributed by atoms with E-state index in [-0.39, 0.29) is 23.1 Å². The third-order valence-electron chi connectivity index (χ3n) is 4.69. The molecule has 3 aromatic rings. The van der Waals surface area contributed by atoms with Crippen molar-refractivity contribution in [3.63, 3.8) is 0 Å². The summed E-state index contributed by atoms with van der Waals surface area (Å²) in [6.07, 6.45) is 3.22. The smallest absolute Gasteiger partial charge is 0.337 e. The van der Waals surface area contributed by atoms with Crippen LogP contribution in [-0.2, 0) is 0 Å². The van der Waals surface area contributed by atoms with Crippen molar-refractivity contribution in [1.29, 1.82) is 5.26 Å². The predicted molar refractivity (Wildman–Crippen MR) is 130 cm³/mol. The maximum atomic E-state index is 12.0. The van der Waals surface area contributed by atoms with Gasteiger partial charge in [-0.2, -0.15) is 10.2 Å². The van der Waals surface area contributed by atoms with Crippen LogP contribution >= 0.6 is 0 Å². The van der Waals surface area contributed by atoms with Crippen molar-refractivity contribution < 1.29 is 4.92 Å². The van der Waals surface area contributed by atoms with Crippen molar-refractivity contribution in [2.24, 2.45) is 0 Å². The predicted octanol–water partition coefficient (Wildman–Crippen LogP) is 3.69. The Hall–Kier alpha value is -4.39. The van der Waals surface area contributed by atoms with Gasteiger partial charge < -0.3 is 15.5 Å². The molecule has 0 fully saturated rings. The molecule has 0 amide bonds. The second-order valence-electron chi connectivity index (χ2n) is 7.63. The van der Waals surface area contributed by atoms with E-state index in [2.05, 4.69) is 26.7 Å². The quantitative estimate of drug-likeness (QED) is 0.325. The molecule has 0 spiro atoms. The number of anilines is 4. The molecule has 2 N–H and O–H groups in total. The highest BCUT2D eigenvalue weighted by atomic mass is 16.6. The van der Waals surface area contributed by atoms with Gasteiger partial charge in [0.2, 0.25) is 11.8 Å². The van der Waals surface area contributed by atoms with Crippen molar-refractivity contribution in [1.82, 2.24) is 14.9 Å². The van der Waals surface area contributed by atoms with Crippen LogP contribution in [0.15, 0.2) is 42.6 Å². The van der Waals surface area contributed by atoms with Crippen LogP contribution < -0.4 is 16.1 Å². The molecule has 0 atom stereocenters. The Morgan fingerprint density at radius 2 is 1.76 bits per heavy atom. The topological polar surface area (TPSA) is 120 Å². The van der Waals surface area contributed by atoms with Gasteiger partial charge in [0.15, 0.2) is 5.69 Å². The van der Waals surface area contributed by atoms with Crippen LogP contribution in [-0.4, -0.2) is 41.7 Å². The fraction of sp³-hybridized carbons (Fsp3) is 0.174. The van der Waals surface area contributed by atoms with Gasteiger partial charge in [0.25, 0.3) is 0 Å². The highest BCUT2D eigenvalue weighted by Crippen LogP contribution is 2.33. The molecule has 164 valence electrons. The number of benzene rings is 2. The first kappa shape index (κ1) is 23.3. The van der Waals surface area contributed by atoms with Crippen LogP contribution in [0.1, 0.15) is 22.4 Å². The number of hydrogen-bond acceptors (Lipinski definition) is 8. The molecule has 0 aliphatic rings. The summed E-state index contributed by atoms with van der Waals surface area (Å²) >= 11 is 0. The first-order valence-electron chi connectivity index (χ1n) is 10.00. The van der Waals surface area contributed by atoms with E-state index in [4.69, 9.17) is 13.1 Å². The average Bonchev–Trinajstić information content (AvgIpc) is 2.74. The van der Waals surface area contributed by atoms with Gasteiger partial charge in [-0.25, -0.2) is 4.98 Å². The first-order valence-corrected chi connectivity index (χ1v) is 10.00. The number of aromatic nitrogens is 2. The van der Waals surface area contributed by atoms with Gasteiger partial charge in [-0.15, -0.1) is 0 Å². The minimum absolute atomic E-state index is 0.0422. The van der Waals surface area contributed by atoms with Gasteiger partial charge in [-0.3, -0.25) is 10.1 Å². The summed E-state index contributed by atoms with van der Waals surface area (Å²) in [5, 5.41) is 27.2. The van der Waals surface area contributed by atoms with E-state index in [9.17, 15) is 10.1 Å². The van der Waals surface area contributed by atoms with Crippen LogP contribution in [0.2, 0.25) is 0 Å². The Kier molecular flexibility index (Phi) is 6.93.